The number of hydrogen-bond acceptors (Lipinski definition) is 8. The first kappa shape index (κ1) is 22.0. The van der Waals surface area contributed by atoms with Crippen molar-refractivity contribution in [3.8, 4) is 17.2 Å². The number of sulfonamides is 1. The van der Waals surface area contributed by atoms with Crippen LogP contribution in [-0.2, 0) is 10.0 Å². The molecule has 0 aliphatic rings. The number of aryl methyl sites for hydroxylation is 1. The zero-order chi connectivity index (χ0) is 21.6. The van der Waals surface area contributed by atoms with Crippen LogP contribution in [0.25, 0.3) is 0 Å². The summed E-state index contributed by atoms with van der Waals surface area (Å²) in [6, 6.07) is 7.36. The third-order valence-electron chi connectivity index (χ3n) is 3.75. The third-order valence-corrected chi connectivity index (χ3v) is 5.00. The SMILES string of the molecule is CCOc1cc(/C=N/NS(=O)(=O)c2cc(C)ccc2OC)cc([N+](=O)[O-])c1OC. The van der Waals surface area contributed by atoms with E-state index in [-0.39, 0.29) is 40.0 Å². The second kappa shape index (κ2) is 9.24. The molecule has 0 bridgehead atoms. The van der Waals surface area contributed by atoms with Gasteiger partial charge in [0.15, 0.2) is 5.75 Å². The zero-order valence-electron chi connectivity index (χ0n) is 16.3. The first-order chi connectivity index (χ1) is 13.7. The van der Waals surface area contributed by atoms with Crippen LogP contribution in [0.15, 0.2) is 40.3 Å². The Morgan fingerprint density at radius 3 is 2.48 bits per heavy atom. The van der Waals surface area contributed by atoms with Crippen molar-refractivity contribution >= 4 is 21.9 Å². The molecule has 0 aliphatic heterocycles. The average molecular weight is 423 g/mol. The van der Waals surface area contributed by atoms with Gasteiger partial charge in [-0.15, -0.1) is 0 Å². The van der Waals surface area contributed by atoms with Gasteiger partial charge in [0.05, 0.1) is 32.0 Å². The summed E-state index contributed by atoms with van der Waals surface area (Å²) in [7, 11) is -1.36. The van der Waals surface area contributed by atoms with Crippen LogP contribution in [0.1, 0.15) is 18.1 Å². The number of hydrazone groups is 1. The van der Waals surface area contributed by atoms with Gasteiger partial charge in [-0.3, -0.25) is 10.1 Å². The maximum atomic E-state index is 12.5. The van der Waals surface area contributed by atoms with E-state index in [4.69, 9.17) is 14.2 Å². The van der Waals surface area contributed by atoms with E-state index in [0.29, 0.717) is 0 Å². The van der Waals surface area contributed by atoms with Crippen molar-refractivity contribution in [1.82, 2.24) is 4.83 Å². The number of nitro groups is 1. The van der Waals surface area contributed by atoms with Crippen LogP contribution in [0, 0.1) is 17.0 Å². The van der Waals surface area contributed by atoms with Gasteiger partial charge in [-0.25, -0.2) is 0 Å². The van der Waals surface area contributed by atoms with Crippen LogP contribution in [0.3, 0.4) is 0 Å². The molecule has 0 unspecified atom stereocenters. The molecule has 10 nitrogen and oxygen atoms in total. The van der Waals surface area contributed by atoms with Gasteiger partial charge >= 0.3 is 5.69 Å². The summed E-state index contributed by atoms with van der Waals surface area (Å²) in [5, 5.41) is 15.0. The van der Waals surface area contributed by atoms with E-state index < -0.39 is 14.9 Å². The van der Waals surface area contributed by atoms with Gasteiger partial charge in [-0.2, -0.15) is 18.4 Å². The quantitative estimate of drug-likeness (QED) is 0.373. The first-order valence-electron chi connectivity index (χ1n) is 8.42. The molecule has 2 rings (SSSR count). The molecular formula is C18H21N3O7S. The molecule has 0 radical (unpaired) electrons. The lowest BCUT2D eigenvalue weighted by molar-refractivity contribution is -0.385. The average Bonchev–Trinajstić information content (AvgIpc) is 2.67. The van der Waals surface area contributed by atoms with E-state index in [9.17, 15) is 18.5 Å². The minimum atomic E-state index is -4.02. The van der Waals surface area contributed by atoms with Crippen molar-refractivity contribution in [2.75, 3.05) is 20.8 Å². The summed E-state index contributed by atoms with van der Waals surface area (Å²) in [6.45, 7) is 3.72. The zero-order valence-corrected chi connectivity index (χ0v) is 17.1. The summed E-state index contributed by atoms with van der Waals surface area (Å²) >= 11 is 0. The Labute approximate surface area is 168 Å². The standard InChI is InChI=1S/C18H21N3O7S/c1-5-28-16-10-13(9-14(21(22)23)18(16)27-4)11-19-20-29(24,25)17-8-12(2)6-7-15(17)26-3/h6-11,20H,5H2,1-4H3/b19-11+. The Morgan fingerprint density at radius 2 is 1.90 bits per heavy atom. The molecule has 2 aromatic carbocycles. The fourth-order valence-corrected chi connectivity index (χ4v) is 3.55. The highest BCUT2D eigenvalue weighted by atomic mass is 32.2. The van der Waals surface area contributed by atoms with Gasteiger partial charge in [-0.05, 0) is 37.6 Å². The normalized spacial score (nSPS) is 11.3. The monoisotopic (exact) mass is 423 g/mol. The molecule has 0 heterocycles. The van der Waals surface area contributed by atoms with E-state index >= 15 is 0 Å². The second-order valence-corrected chi connectivity index (χ2v) is 7.40. The molecule has 156 valence electrons. The van der Waals surface area contributed by atoms with Crippen molar-refractivity contribution in [3.63, 3.8) is 0 Å². The topological polar surface area (TPSA) is 129 Å². The summed E-state index contributed by atoms with van der Waals surface area (Å²) < 4.78 is 40.6. The van der Waals surface area contributed by atoms with E-state index in [1.54, 1.807) is 19.9 Å². The van der Waals surface area contributed by atoms with Crippen molar-refractivity contribution in [2.45, 2.75) is 18.7 Å². The molecule has 1 N–H and O–H groups in total. The van der Waals surface area contributed by atoms with Crippen LogP contribution >= 0.6 is 0 Å². The van der Waals surface area contributed by atoms with E-state index in [0.717, 1.165) is 11.8 Å². The molecule has 0 saturated heterocycles. The van der Waals surface area contributed by atoms with Gasteiger partial charge in [0.1, 0.15) is 10.6 Å². The summed E-state index contributed by atoms with van der Waals surface area (Å²) in [5.74, 6) is 0.282. The van der Waals surface area contributed by atoms with Crippen molar-refractivity contribution in [2.24, 2.45) is 5.10 Å². The molecule has 0 aromatic heterocycles. The van der Waals surface area contributed by atoms with Crippen molar-refractivity contribution in [1.29, 1.82) is 0 Å². The maximum Gasteiger partial charge on any atom is 0.315 e. The van der Waals surface area contributed by atoms with Crippen LogP contribution < -0.4 is 19.0 Å². The number of benzene rings is 2. The lowest BCUT2D eigenvalue weighted by Gasteiger charge is -2.11. The lowest BCUT2D eigenvalue weighted by atomic mass is 10.2. The van der Waals surface area contributed by atoms with Gasteiger partial charge in [0.2, 0.25) is 5.75 Å². The van der Waals surface area contributed by atoms with Crippen LogP contribution in [0.2, 0.25) is 0 Å². The number of nitrogens with zero attached hydrogens (tertiary/aromatic N) is 2. The van der Waals surface area contributed by atoms with Gasteiger partial charge in [0.25, 0.3) is 10.0 Å². The van der Waals surface area contributed by atoms with Gasteiger partial charge in [0, 0.05) is 11.6 Å². The van der Waals surface area contributed by atoms with Crippen LogP contribution in [-0.4, -0.2) is 40.4 Å². The largest absolute Gasteiger partial charge is 0.495 e. The molecule has 29 heavy (non-hydrogen) atoms. The number of rotatable bonds is 9. The smallest absolute Gasteiger partial charge is 0.315 e. The number of nitro benzene ring substituents is 1. The predicted octanol–water partition coefficient (Wildman–Crippen LogP) is 2.63. The Kier molecular flexibility index (Phi) is 6.99. The summed E-state index contributed by atoms with van der Waals surface area (Å²) in [6.07, 6.45) is 1.13. The van der Waals surface area contributed by atoms with E-state index in [1.807, 2.05) is 0 Å². The van der Waals surface area contributed by atoms with Crippen LogP contribution in [0.5, 0.6) is 17.2 Å². The van der Waals surface area contributed by atoms with Crippen LogP contribution in [0.4, 0.5) is 5.69 Å². The van der Waals surface area contributed by atoms with Gasteiger partial charge < -0.3 is 14.2 Å². The predicted molar refractivity (Wildman–Crippen MR) is 106 cm³/mol. The minimum Gasteiger partial charge on any atom is -0.495 e. The Bertz CT molecular complexity index is 1040. The molecular weight excluding hydrogens is 402 g/mol. The molecule has 0 fully saturated rings. The Balaban J connectivity index is 2.37. The minimum absolute atomic E-state index is 0.0286. The summed E-state index contributed by atoms with van der Waals surface area (Å²) in [4.78, 5) is 12.7. The van der Waals surface area contributed by atoms with E-state index in [2.05, 4.69) is 9.93 Å². The highest BCUT2D eigenvalue weighted by Crippen LogP contribution is 2.37. The molecule has 11 heteroatoms. The number of hydrogen-bond donors (Lipinski definition) is 1. The third kappa shape index (κ3) is 5.13. The van der Waals surface area contributed by atoms with Crippen molar-refractivity contribution < 1.29 is 27.6 Å². The molecule has 0 spiro atoms. The first-order valence-corrected chi connectivity index (χ1v) is 9.90. The fraction of sp³-hybridized carbons (Fsp3) is 0.278. The second-order valence-electron chi connectivity index (χ2n) is 5.77. The fourth-order valence-electron chi connectivity index (χ4n) is 2.50. The Morgan fingerprint density at radius 1 is 1.17 bits per heavy atom. The molecule has 0 saturated carbocycles. The number of ether oxygens (including phenoxy) is 3. The van der Waals surface area contributed by atoms with Crippen molar-refractivity contribution in [3.05, 3.63) is 51.6 Å². The van der Waals surface area contributed by atoms with Gasteiger partial charge in [-0.1, -0.05) is 6.07 Å². The highest BCUT2D eigenvalue weighted by molar-refractivity contribution is 7.89. The van der Waals surface area contributed by atoms with E-state index in [1.165, 1.54) is 38.5 Å². The number of methoxy groups -OCH3 is 2. The molecule has 0 aliphatic carbocycles. The maximum absolute atomic E-state index is 12.5. The molecule has 2 aromatic rings. The lowest BCUT2D eigenvalue weighted by Crippen LogP contribution is -2.19. The molecule has 0 atom stereocenters. The Hall–Kier alpha value is -3.34. The summed E-state index contributed by atoms with van der Waals surface area (Å²) in [5.41, 5.74) is 0.644. The highest BCUT2D eigenvalue weighted by Gasteiger charge is 2.22. The molecule has 0 amide bonds. The number of nitrogens with one attached hydrogen (secondary N) is 1.